The van der Waals surface area contributed by atoms with Crippen molar-refractivity contribution in [1.29, 1.82) is 0 Å². The number of para-hydroxylation sites is 3. The van der Waals surface area contributed by atoms with Crippen molar-refractivity contribution in [3.8, 4) is 17.2 Å². The summed E-state index contributed by atoms with van der Waals surface area (Å²) in [5, 5.41) is 3.48. The van der Waals surface area contributed by atoms with Crippen LogP contribution in [0, 0.1) is 0 Å². The fourth-order valence-corrected chi connectivity index (χ4v) is 3.67. The van der Waals surface area contributed by atoms with Gasteiger partial charge in [-0.1, -0.05) is 42.5 Å². The van der Waals surface area contributed by atoms with Crippen LogP contribution in [0.1, 0.15) is 22.1 Å². The largest absolute Gasteiger partial charge is 0.493 e. The third-order valence-electron chi connectivity index (χ3n) is 5.09. The van der Waals surface area contributed by atoms with Crippen molar-refractivity contribution in [2.75, 3.05) is 32.7 Å². The summed E-state index contributed by atoms with van der Waals surface area (Å²) in [5.74, 6) is 1.92. The minimum atomic E-state index is -0.420. The van der Waals surface area contributed by atoms with Crippen LogP contribution in [0.15, 0.2) is 72.8 Å². The van der Waals surface area contributed by atoms with E-state index >= 15 is 0 Å². The molecule has 0 spiro atoms. The molecule has 0 saturated heterocycles. The summed E-state index contributed by atoms with van der Waals surface area (Å²) in [5.41, 5.74) is 2.24. The van der Waals surface area contributed by atoms with Crippen molar-refractivity contribution in [2.45, 2.75) is 6.17 Å². The maximum atomic E-state index is 13.4. The van der Waals surface area contributed by atoms with E-state index in [9.17, 15) is 4.79 Å². The molecule has 1 aliphatic heterocycles. The van der Waals surface area contributed by atoms with Crippen LogP contribution < -0.4 is 19.5 Å². The van der Waals surface area contributed by atoms with Gasteiger partial charge in [0.1, 0.15) is 18.5 Å². The van der Waals surface area contributed by atoms with E-state index in [4.69, 9.17) is 14.2 Å². The van der Waals surface area contributed by atoms with E-state index in [1.807, 2.05) is 72.8 Å². The third-order valence-corrected chi connectivity index (χ3v) is 5.09. The Kier molecular flexibility index (Phi) is 5.75. The van der Waals surface area contributed by atoms with Gasteiger partial charge in [-0.2, -0.15) is 0 Å². The summed E-state index contributed by atoms with van der Waals surface area (Å²) in [6.45, 7) is 0.766. The summed E-state index contributed by atoms with van der Waals surface area (Å²) in [6, 6.07) is 22.7. The van der Waals surface area contributed by atoms with Crippen LogP contribution in [0.4, 0.5) is 5.69 Å². The summed E-state index contributed by atoms with van der Waals surface area (Å²) in [7, 11) is 3.20. The van der Waals surface area contributed by atoms with Crippen LogP contribution >= 0.6 is 0 Å². The minimum absolute atomic E-state index is 0.0594. The molecule has 0 unspecified atom stereocenters. The number of methoxy groups -OCH3 is 2. The van der Waals surface area contributed by atoms with Crippen molar-refractivity contribution in [1.82, 2.24) is 4.90 Å². The number of hydrogen-bond acceptors (Lipinski definition) is 5. The van der Waals surface area contributed by atoms with Crippen molar-refractivity contribution in [2.24, 2.45) is 0 Å². The van der Waals surface area contributed by atoms with Gasteiger partial charge < -0.3 is 24.4 Å². The average Bonchev–Trinajstić information content (AvgIpc) is 2.80. The summed E-state index contributed by atoms with van der Waals surface area (Å²) in [6.07, 6.45) is -0.420. The van der Waals surface area contributed by atoms with Crippen molar-refractivity contribution in [3.05, 3.63) is 83.9 Å². The Morgan fingerprint density at radius 1 is 0.900 bits per heavy atom. The van der Waals surface area contributed by atoms with Gasteiger partial charge in [0.2, 0.25) is 0 Å². The second-order valence-corrected chi connectivity index (χ2v) is 6.84. The van der Waals surface area contributed by atoms with Crippen LogP contribution in [0.5, 0.6) is 17.2 Å². The SMILES string of the molecule is COc1cccc([C@@H]2Nc3ccccc3C(=O)N2CCOc2ccccc2)c1OC. The summed E-state index contributed by atoms with van der Waals surface area (Å²) >= 11 is 0. The second-order valence-electron chi connectivity index (χ2n) is 6.84. The van der Waals surface area contributed by atoms with E-state index in [1.54, 1.807) is 19.1 Å². The van der Waals surface area contributed by atoms with E-state index in [0.29, 0.717) is 30.2 Å². The smallest absolute Gasteiger partial charge is 0.257 e. The lowest BCUT2D eigenvalue weighted by atomic mass is 10.0. The molecule has 30 heavy (non-hydrogen) atoms. The molecule has 4 rings (SSSR count). The van der Waals surface area contributed by atoms with Gasteiger partial charge in [0.25, 0.3) is 5.91 Å². The number of carbonyl (C=O) groups excluding carboxylic acids is 1. The molecule has 0 fully saturated rings. The topological polar surface area (TPSA) is 60.0 Å². The number of carbonyl (C=O) groups is 1. The lowest BCUT2D eigenvalue weighted by Gasteiger charge is -2.38. The number of fused-ring (bicyclic) bond motifs is 1. The molecule has 6 nitrogen and oxygen atoms in total. The normalized spacial score (nSPS) is 15.2. The number of amides is 1. The Morgan fingerprint density at radius 2 is 1.67 bits per heavy atom. The maximum Gasteiger partial charge on any atom is 0.257 e. The van der Waals surface area contributed by atoms with E-state index in [0.717, 1.165) is 17.0 Å². The number of hydrogen-bond donors (Lipinski definition) is 1. The lowest BCUT2D eigenvalue weighted by Crippen LogP contribution is -2.45. The van der Waals surface area contributed by atoms with Gasteiger partial charge in [0.05, 0.1) is 26.3 Å². The molecule has 6 heteroatoms. The van der Waals surface area contributed by atoms with Gasteiger partial charge in [0, 0.05) is 11.3 Å². The molecule has 1 aliphatic rings. The predicted octanol–water partition coefficient (Wildman–Crippen LogP) is 4.35. The summed E-state index contributed by atoms with van der Waals surface area (Å²) < 4.78 is 16.9. The van der Waals surface area contributed by atoms with Gasteiger partial charge in [-0.3, -0.25) is 4.79 Å². The van der Waals surface area contributed by atoms with Crippen molar-refractivity contribution < 1.29 is 19.0 Å². The molecule has 1 heterocycles. The Balaban J connectivity index is 1.66. The van der Waals surface area contributed by atoms with Crippen LogP contribution in [0.25, 0.3) is 0 Å². The first-order valence-electron chi connectivity index (χ1n) is 9.78. The minimum Gasteiger partial charge on any atom is -0.493 e. The maximum absolute atomic E-state index is 13.4. The molecule has 0 bridgehead atoms. The third kappa shape index (κ3) is 3.76. The Hall–Kier alpha value is -3.67. The first-order chi connectivity index (χ1) is 14.7. The Morgan fingerprint density at radius 3 is 2.43 bits per heavy atom. The van der Waals surface area contributed by atoms with Gasteiger partial charge in [-0.15, -0.1) is 0 Å². The molecule has 1 N–H and O–H groups in total. The van der Waals surface area contributed by atoms with Crippen LogP contribution in [-0.4, -0.2) is 38.2 Å². The molecular formula is C24H24N2O4. The first kappa shape index (κ1) is 19.6. The first-order valence-corrected chi connectivity index (χ1v) is 9.78. The van der Waals surface area contributed by atoms with Crippen molar-refractivity contribution >= 4 is 11.6 Å². The molecule has 154 valence electrons. The molecule has 1 atom stereocenters. The standard InChI is InChI=1S/C24H24N2O4/c1-28-21-14-8-12-19(22(21)29-2)23-25-20-13-7-6-11-18(20)24(27)26(23)15-16-30-17-9-4-3-5-10-17/h3-14,23,25H,15-16H2,1-2H3/t23-/m1/s1. The molecule has 3 aromatic rings. The molecule has 3 aromatic carbocycles. The number of benzene rings is 3. The van der Waals surface area contributed by atoms with Gasteiger partial charge in [-0.05, 0) is 30.3 Å². The predicted molar refractivity (Wildman–Crippen MR) is 115 cm³/mol. The van der Waals surface area contributed by atoms with Crippen LogP contribution in [-0.2, 0) is 0 Å². The number of rotatable bonds is 7. The zero-order valence-electron chi connectivity index (χ0n) is 17.0. The van der Waals surface area contributed by atoms with E-state index in [-0.39, 0.29) is 5.91 Å². The van der Waals surface area contributed by atoms with E-state index in [1.165, 1.54) is 0 Å². The van der Waals surface area contributed by atoms with E-state index in [2.05, 4.69) is 5.32 Å². The van der Waals surface area contributed by atoms with Crippen LogP contribution in [0.2, 0.25) is 0 Å². The lowest BCUT2D eigenvalue weighted by molar-refractivity contribution is 0.0648. The van der Waals surface area contributed by atoms with Crippen LogP contribution in [0.3, 0.4) is 0 Å². The molecule has 0 aromatic heterocycles. The number of ether oxygens (including phenoxy) is 3. The average molecular weight is 404 g/mol. The van der Waals surface area contributed by atoms with Crippen molar-refractivity contribution in [3.63, 3.8) is 0 Å². The van der Waals surface area contributed by atoms with Gasteiger partial charge in [-0.25, -0.2) is 0 Å². The van der Waals surface area contributed by atoms with E-state index < -0.39 is 6.17 Å². The highest BCUT2D eigenvalue weighted by molar-refractivity contribution is 6.01. The summed E-state index contributed by atoms with van der Waals surface area (Å²) in [4.78, 5) is 15.1. The highest BCUT2D eigenvalue weighted by Crippen LogP contribution is 2.40. The molecule has 0 aliphatic carbocycles. The second kappa shape index (κ2) is 8.78. The fraction of sp³-hybridized carbons (Fsp3) is 0.208. The monoisotopic (exact) mass is 404 g/mol. The number of nitrogens with zero attached hydrogens (tertiary/aromatic N) is 1. The molecule has 0 saturated carbocycles. The highest BCUT2D eigenvalue weighted by atomic mass is 16.5. The fourth-order valence-electron chi connectivity index (χ4n) is 3.67. The van der Waals surface area contributed by atoms with Gasteiger partial charge >= 0.3 is 0 Å². The molecular weight excluding hydrogens is 380 g/mol. The Bertz CT molecular complexity index is 1020. The zero-order chi connectivity index (χ0) is 20.9. The zero-order valence-corrected chi connectivity index (χ0v) is 17.0. The number of nitrogens with one attached hydrogen (secondary N) is 1. The molecule has 0 radical (unpaired) electrons. The number of anilines is 1. The molecule has 1 amide bonds. The van der Waals surface area contributed by atoms with Gasteiger partial charge in [0.15, 0.2) is 11.5 Å². The highest BCUT2D eigenvalue weighted by Gasteiger charge is 2.34. The Labute approximate surface area is 176 Å². The quantitative estimate of drug-likeness (QED) is 0.634.